The van der Waals surface area contributed by atoms with E-state index in [1.807, 2.05) is 6.92 Å². The largest absolute Gasteiger partial charge is 0.278 e. The lowest BCUT2D eigenvalue weighted by Crippen LogP contribution is -2.24. The van der Waals surface area contributed by atoms with Gasteiger partial charge < -0.3 is 0 Å². The van der Waals surface area contributed by atoms with E-state index in [0.29, 0.717) is 0 Å². The first kappa shape index (κ1) is 17.6. The number of aliphatic imine (C=N–C) groups is 1. The Morgan fingerprint density at radius 3 is 2.13 bits per heavy atom. The van der Waals surface area contributed by atoms with Gasteiger partial charge in [0.1, 0.15) is 8.42 Å². The van der Waals surface area contributed by atoms with Crippen molar-refractivity contribution in [2.24, 2.45) is 4.99 Å². The summed E-state index contributed by atoms with van der Waals surface area (Å²) in [4.78, 5) is 3.78. The first-order chi connectivity index (χ1) is 10.7. The number of aryl methyl sites for hydroxylation is 1. The van der Waals surface area contributed by atoms with Crippen molar-refractivity contribution in [3.63, 3.8) is 0 Å². The van der Waals surface area contributed by atoms with Crippen molar-refractivity contribution in [3.05, 3.63) is 42.0 Å². The van der Waals surface area contributed by atoms with E-state index in [9.17, 15) is 16.8 Å². The molecular weight excluding hydrogens is 356 g/mol. The lowest BCUT2D eigenvalue weighted by molar-refractivity contribution is 0.558. The Bertz CT molecular complexity index is 927. The average Bonchev–Trinajstić information content (AvgIpc) is 2.99. The van der Waals surface area contributed by atoms with Crippen LogP contribution in [0, 0.1) is 6.92 Å². The molecule has 0 saturated heterocycles. The molecule has 1 heterocycles. The minimum absolute atomic E-state index is 0.0123. The second kappa shape index (κ2) is 6.42. The molecule has 0 spiro atoms. The topological polar surface area (TPSA) is 83.9 Å². The second-order valence-electron chi connectivity index (χ2n) is 4.78. The molecule has 0 fully saturated rings. The zero-order chi connectivity index (χ0) is 17.3. The summed E-state index contributed by atoms with van der Waals surface area (Å²) in [7, 11) is -4.73. The number of rotatable bonds is 5. The van der Waals surface area contributed by atoms with Crippen molar-refractivity contribution >= 4 is 37.5 Å². The maximum Gasteiger partial charge on any atom is 0.274 e. The highest BCUT2D eigenvalue weighted by Crippen LogP contribution is 2.31. The summed E-state index contributed by atoms with van der Waals surface area (Å²) in [5, 5.41) is 0. The Kier molecular flexibility index (Phi) is 4.92. The van der Waals surface area contributed by atoms with E-state index in [0.717, 1.165) is 27.5 Å². The zero-order valence-corrected chi connectivity index (χ0v) is 15.2. The van der Waals surface area contributed by atoms with Crippen LogP contribution in [0.5, 0.6) is 0 Å². The van der Waals surface area contributed by atoms with Crippen molar-refractivity contribution in [2.45, 2.75) is 20.2 Å². The Labute approximate surface area is 140 Å². The van der Waals surface area contributed by atoms with Gasteiger partial charge in [-0.05, 0) is 31.2 Å². The average molecular weight is 372 g/mol. The van der Waals surface area contributed by atoms with E-state index in [4.69, 9.17) is 0 Å². The molecular formula is C14H16N2O4S3. The van der Waals surface area contributed by atoms with Gasteiger partial charge in [-0.3, -0.25) is 9.30 Å². The molecule has 0 N–H and O–H groups in total. The second-order valence-corrected chi connectivity index (χ2v) is 10.3. The molecule has 0 radical (unpaired) electrons. The van der Waals surface area contributed by atoms with Gasteiger partial charge in [-0.15, -0.1) is 11.3 Å². The van der Waals surface area contributed by atoms with Gasteiger partial charge in [0, 0.05) is 14.1 Å². The molecule has 0 atom stereocenters. The Morgan fingerprint density at radius 2 is 1.57 bits per heavy atom. The first-order valence-electron chi connectivity index (χ1n) is 6.51. The molecule has 1 aromatic heterocycles. The van der Waals surface area contributed by atoms with Crippen LogP contribution in [0.15, 0.2) is 54.7 Å². The number of sulfone groups is 1. The molecule has 0 amide bonds. The summed E-state index contributed by atoms with van der Waals surface area (Å²) < 4.78 is 50.6. The fraction of sp³-hybridized carbons (Fsp3) is 0.214. The summed E-state index contributed by atoms with van der Waals surface area (Å²) in [6.07, 6.45) is 1.16. The molecule has 9 heteroatoms. The van der Waals surface area contributed by atoms with Crippen LogP contribution in [-0.4, -0.2) is 41.6 Å². The SMILES string of the molecule is CN=CN(C)S(=O)(=O)c1ccc(S(=O)(=O)c2ccc(C)cc2)s1. The minimum Gasteiger partial charge on any atom is -0.278 e. The van der Waals surface area contributed by atoms with Gasteiger partial charge in [0.05, 0.1) is 11.2 Å². The normalized spacial score (nSPS) is 12.7. The number of sulfonamides is 1. The molecule has 0 aliphatic carbocycles. The first-order valence-corrected chi connectivity index (χ1v) is 10.3. The molecule has 124 valence electrons. The van der Waals surface area contributed by atoms with Gasteiger partial charge in [-0.2, -0.15) is 0 Å². The van der Waals surface area contributed by atoms with Gasteiger partial charge in [-0.1, -0.05) is 17.7 Å². The van der Waals surface area contributed by atoms with Crippen LogP contribution in [0.1, 0.15) is 5.56 Å². The predicted molar refractivity (Wildman–Crippen MR) is 90.3 cm³/mol. The fourth-order valence-electron chi connectivity index (χ4n) is 1.79. The van der Waals surface area contributed by atoms with E-state index in [2.05, 4.69) is 4.99 Å². The molecule has 0 bridgehead atoms. The summed E-state index contributed by atoms with van der Waals surface area (Å²) in [6.45, 7) is 1.86. The molecule has 0 aliphatic rings. The highest BCUT2D eigenvalue weighted by Gasteiger charge is 2.26. The third-order valence-corrected chi connectivity index (χ3v) is 8.58. The standard InChI is InChI=1S/C14H16N2O4S3/c1-11-4-6-12(7-5-11)22(17,18)13-8-9-14(21-13)23(19,20)16(3)10-15-2/h4-10H,1-3H3. The number of hydrogen-bond acceptors (Lipinski definition) is 6. The van der Waals surface area contributed by atoms with E-state index in [1.54, 1.807) is 12.1 Å². The lowest BCUT2D eigenvalue weighted by atomic mass is 10.2. The Balaban J connectivity index is 2.45. The molecule has 6 nitrogen and oxygen atoms in total. The molecule has 0 saturated carbocycles. The maximum absolute atomic E-state index is 12.6. The number of thiophene rings is 1. The number of benzene rings is 1. The van der Waals surface area contributed by atoms with Crippen molar-refractivity contribution in [1.82, 2.24) is 4.31 Å². The van der Waals surface area contributed by atoms with Gasteiger partial charge in [0.2, 0.25) is 9.84 Å². The fourth-order valence-corrected chi connectivity index (χ4v) is 6.17. The Hall–Kier alpha value is -1.71. The monoisotopic (exact) mass is 372 g/mol. The minimum atomic E-state index is -3.79. The predicted octanol–water partition coefficient (Wildman–Crippen LogP) is 2.17. The van der Waals surface area contributed by atoms with Crippen LogP contribution in [0.2, 0.25) is 0 Å². The van der Waals surface area contributed by atoms with Crippen LogP contribution < -0.4 is 0 Å². The van der Waals surface area contributed by atoms with E-state index < -0.39 is 19.9 Å². The molecule has 2 aromatic rings. The molecule has 2 rings (SSSR count). The van der Waals surface area contributed by atoms with Gasteiger partial charge >= 0.3 is 0 Å². The van der Waals surface area contributed by atoms with Gasteiger partial charge in [-0.25, -0.2) is 16.8 Å². The summed E-state index contributed by atoms with van der Waals surface area (Å²) in [6, 6.07) is 9.01. The molecule has 1 aromatic carbocycles. The van der Waals surface area contributed by atoms with E-state index >= 15 is 0 Å². The van der Waals surface area contributed by atoms with Crippen LogP contribution in [0.25, 0.3) is 0 Å². The molecule has 0 aliphatic heterocycles. The van der Waals surface area contributed by atoms with Crippen molar-refractivity contribution in [2.75, 3.05) is 14.1 Å². The Morgan fingerprint density at radius 1 is 1.00 bits per heavy atom. The number of hydrogen-bond donors (Lipinski definition) is 0. The maximum atomic E-state index is 12.6. The smallest absolute Gasteiger partial charge is 0.274 e. The van der Waals surface area contributed by atoms with Gasteiger partial charge in [0.25, 0.3) is 10.0 Å². The summed E-state index contributed by atoms with van der Waals surface area (Å²) in [5.74, 6) is 0. The van der Waals surface area contributed by atoms with E-state index in [-0.39, 0.29) is 13.3 Å². The quantitative estimate of drug-likeness (QED) is 0.595. The van der Waals surface area contributed by atoms with Crippen molar-refractivity contribution in [3.8, 4) is 0 Å². The van der Waals surface area contributed by atoms with E-state index in [1.165, 1.54) is 38.4 Å². The highest BCUT2D eigenvalue weighted by atomic mass is 32.3. The lowest BCUT2D eigenvalue weighted by Gasteiger charge is -2.11. The third kappa shape index (κ3) is 3.46. The highest BCUT2D eigenvalue weighted by molar-refractivity contribution is 7.95. The summed E-state index contributed by atoms with van der Waals surface area (Å²) in [5.41, 5.74) is 0.943. The third-order valence-electron chi connectivity index (χ3n) is 3.06. The van der Waals surface area contributed by atoms with Crippen LogP contribution in [0.4, 0.5) is 0 Å². The molecule has 0 unspecified atom stereocenters. The zero-order valence-electron chi connectivity index (χ0n) is 12.8. The molecule has 23 heavy (non-hydrogen) atoms. The number of nitrogens with zero attached hydrogens (tertiary/aromatic N) is 2. The van der Waals surface area contributed by atoms with Crippen LogP contribution in [-0.2, 0) is 19.9 Å². The van der Waals surface area contributed by atoms with Crippen LogP contribution in [0.3, 0.4) is 0 Å². The van der Waals surface area contributed by atoms with Crippen molar-refractivity contribution < 1.29 is 16.8 Å². The van der Waals surface area contributed by atoms with Crippen molar-refractivity contribution in [1.29, 1.82) is 0 Å². The van der Waals surface area contributed by atoms with Gasteiger partial charge in [0.15, 0.2) is 0 Å². The summed E-state index contributed by atoms with van der Waals surface area (Å²) >= 11 is 0.721. The van der Waals surface area contributed by atoms with Crippen LogP contribution >= 0.6 is 11.3 Å².